The molecule has 0 aromatic heterocycles. The maximum absolute atomic E-state index is 11.9. The first-order valence-electron chi connectivity index (χ1n) is 9.86. The summed E-state index contributed by atoms with van der Waals surface area (Å²) >= 11 is 6.07. The van der Waals surface area contributed by atoms with Crippen LogP contribution >= 0.6 is 11.6 Å². The number of carbonyl (C=O) groups is 1. The number of likely N-dealkylation sites (tertiary alicyclic amines) is 1. The summed E-state index contributed by atoms with van der Waals surface area (Å²) in [4.78, 5) is 14.4. The van der Waals surface area contributed by atoms with Gasteiger partial charge in [0.2, 0.25) is 0 Å². The Morgan fingerprint density at radius 2 is 2.00 bits per heavy atom. The Morgan fingerprint density at radius 3 is 2.79 bits per heavy atom. The average Bonchev–Trinajstić information content (AvgIpc) is 2.69. The molecule has 28 heavy (non-hydrogen) atoms. The molecule has 0 spiro atoms. The number of fused-ring (bicyclic) bond motifs is 1. The summed E-state index contributed by atoms with van der Waals surface area (Å²) in [6.07, 6.45) is 3.98. The van der Waals surface area contributed by atoms with Crippen LogP contribution in [0.2, 0.25) is 5.02 Å². The number of hydrogen-bond donors (Lipinski definition) is 2. The van der Waals surface area contributed by atoms with Crippen molar-refractivity contribution in [2.45, 2.75) is 43.9 Å². The van der Waals surface area contributed by atoms with E-state index < -0.39 is 5.91 Å². The van der Waals surface area contributed by atoms with Crippen LogP contribution in [0.15, 0.2) is 42.5 Å². The summed E-state index contributed by atoms with van der Waals surface area (Å²) in [7, 11) is 0. The van der Waals surface area contributed by atoms with Crippen molar-refractivity contribution in [1.29, 1.82) is 0 Å². The van der Waals surface area contributed by atoms with Crippen molar-refractivity contribution in [3.63, 3.8) is 0 Å². The van der Waals surface area contributed by atoms with Crippen LogP contribution < -0.4 is 16.2 Å². The third-order valence-corrected chi connectivity index (χ3v) is 6.07. The molecule has 2 aromatic carbocycles. The number of nitrogens with two attached hydrogens (primary N) is 2. The minimum Gasteiger partial charge on any atom is -0.483 e. The highest BCUT2D eigenvalue weighted by atomic mass is 35.5. The van der Waals surface area contributed by atoms with E-state index in [9.17, 15) is 4.79 Å². The van der Waals surface area contributed by atoms with E-state index in [0.717, 1.165) is 38.8 Å². The van der Waals surface area contributed by atoms with Crippen LogP contribution in [-0.4, -0.2) is 36.0 Å². The van der Waals surface area contributed by atoms with Crippen molar-refractivity contribution >= 4 is 17.5 Å². The Bertz CT molecular complexity index is 873. The molecule has 0 radical (unpaired) electrons. The zero-order valence-corrected chi connectivity index (χ0v) is 16.6. The summed E-state index contributed by atoms with van der Waals surface area (Å²) in [6, 6.07) is 13.8. The minimum atomic E-state index is -0.543. The number of primary amides is 1. The Morgan fingerprint density at radius 1 is 1.18 bits per heavy atom. The number of carbonyl (C=O) groups excluding carboxylic acids is 1. The lowest BCUT2D eigenvalue weighted by Crippen LogP contribution is -2.51. The molecule has 0 bridgehead atoms. The van der Waals surface area contributed by atoms with E-state index in [0.29, 0.717) is 16.3 Å². The molecule has 1 saturated heterocycles. The van der Waals surface area contributed by atoms with Gasteiger partial charge in [-0.1, -0.05) is 35.9 Å². The van der Waals surface area contributed by atoms with E-state index >= 15 is 0 Å². The quantitative estimate of drug-likeness (QED) is 0.826. The van der Waals surface area contributed by atoms with E-state index in [1.54, 1.807) is 18.2 Å². The summed E-state index contributed by atoms with van der Waals surface area (Å²) in [6.45, 7) is 1.89. The summed E-state index contributed by atoms with van der Waals surface area (Å²) in [5.74, 6) is -0.0666. The van der Waals surface area contributed by atoms with Gasteiger partial charge in [-0.3, -0.25) is 9.69 Å². The second kappa shape index (κ2) is 8.11. The molecule has 3 atom stereocenters. The summed E-state index contributed by atoms with van der Waals surface area (Å²) in [5, 5.41) is 0.462. The molecule has 1 fully saturated rings. The zero-order valence-electron chi connectivity index (χ0n) is 15.8. The normalized spacial score (nSPS) is 25.1. The van der Waals surface area contributed by atoms with Crippen LogP contribution in [0.5, 0.6) is 5.75 Å². The van der Waals surface area contributed by atoms with Gasteiger partial charge in [0.25, 0.3) is 5.91 Å². The van der Waals surface area contributed by atoms with Gasteiger partial charge in [0.15, 0.2) is 0 Å². The maximum atomic E-state index is 11.9. The smallest absolute Gasteiger partial charge is 0.252 e. The monoisotopic (exact) mass is 399 g/mol. The third kappa shape index (κ3) is 3.88. The first kappa shape index (κ1) is 19.2. The lowest BCUT2D eigenvalue weighted by atomic mass is 9.84. The van der Waals surface area contributed by atoms with Crippen molar-refractivity contribution in [3.8, 4) is 5.75 Å². The van der Waals surface area contributed by atoms with Crippen molar-refractivity contribution < 1.29 is 9.53 Å². The second-order valence-corrected chi connectivity index (χ2v) is 8.18. The van der Waals surface area contributed by atoms with Crippen LogP contribution in [0.4, 0.5) is 0 Å². The molecule has 1 aliphatic heterocycles. The Kier molecular flexibility index (Phi) is 5.58. The molecule has 4 rings (SSSR count). The maximum Gasteiger partial charge on any atom is 0.252 e. The molecule has 6 heteroatoms. The highest BCUT2D eigenvalue weighted by Gasteiger charge is 2.37. The van der Waals surface area contributed by atoms with E-state index in [2.05, 4.69) is 23.1 Å². The SMILES string of the molecule is NC(=O)c1cc(Cl)ccc1O[C@H]1c2ccccc2CC[C@@H]1N1CCC[C@@H](N)C1. The fourth-order valence-corrected chi connectivity index (χ4v) is 4.67. The zero-order chi connectivity index (χ0) is 19.7. The van der Waals surface area contributed by atoms with E-state index in [1.165, 1.54) is 11.1 Å². The van der Waals surface area contributed by atoms with Gasteiger partial charge < -0.3 is 16.2 Å². The van der Waals surface area contributed by atoms with Gasteiger partial charge in [-0.15, -0.1) is 0 Å². The van der Waals surface area contributed by atoms with Gasteiger partial charge in [-0.25, -0.2) is 0 Å². The number of benzene rings is 2. The van der Waals surface area contributed by atoms with Gasteiger partial charge in [-0.2, -0.15) is 0 Å². The van der Waals surface area contributed by atoms with Gasteiger partial charge in [-0.05, 0) is 61.6 Å². The molecular weight excluding hydrogens is 374 g/mol. The lowest BCUT2D eigenvalue weighted by Gasteiger charge is -2.43. The molecule has 0 saturated carbocycles. The third-order valence-electron chi connectivity index (χ3n) is 5.84. The largest absolute Gasteiger partial charge is 0.483 e. The molecule has 2 aromatic rings. The van der Waals surface area contributed by atoms with Gasteiger partial charge >= 0.3 is 0 Å². The minimum absolute atomic E-state index is 0.186. The predicted octanol–water partition coefficient (Wildman–Crippen LogP) is 3.30. The molecule has 0 unspecified atom stereocenters. The van der Waals surface area contributed by atoms with E-state index in [4.69, 9.17) is 27.8 Å². The van der Waals surface area contributed by atoms with Gasteiger partial charge in [0.1, 0.15) is 11.9 Å². The number of nitrogens with zero attached hydrogens (tertiary/aromatic N) is 1. The molecule has 1 heterocycles. The molecular formula is C22H26ClN3O2. The lowest BCUT2D eigenvalue weighted by molar-refractivity contribution is 0.0362. The van der Waals surface area contributed by atoms with Crippen LogP contribution in [0.25, 0.3) is 0 Å². The van der Waals surface area contributed by atoms with Crippen LogP contribution in [0, 0.1) is 0 Å². The standard InChI is InChI=1S/C22H26ClN3O2/c23-15-8-10-20(18(12-15)22(25)27)28-21-17-6-2-1-4-14(17)7-9-19(21)26-11-3-5-16(24)13-26/h1-2,4,6,8,10,12,16,19,21H,3,5,7,9,11,13,24H2,(H2,25,27)/t16-,19+,21+/m1/s1. The topological polar surface area (TPSA) is 81.6 Å². The van der Waals surface area contributed by atoms with Crippen molar-refractivity contribution in [1.82, 2.24) is 4.90 Å². The second-order valence-electron chi connectivity index (χ2n) is 7.75. The molecule has 2 aliphatic rings. The number of halogens is 1. The molecule has 1 amide bonds. The van der Waals surface area contributed by atoms with Crippen LogP contribution in [0.1, 0.15) is 46.9 Å². The Balaban J connectivity index is 1.71. The average molecular weight is 400 g/mol. The molecule has 5 nitrogen and oxygen atoms in total. The first-order chi connectivity index (χ1) is 13.5. The number of amides is 1. The number of hydrogen-bond acceptors (Lipinski definition) is 4. The highest BCUT2D eigenvalue weighted by molar-refractivity contribution is 6.31. The Hall–Kier alpha value is -2.08. The van der Waals surface area contributed by atoms with Gasteiger partial charge in [0.05, 0.1) is 11.6 Å². The van der Waals surface area contributed by atoms with Crippen molar-refractivity contribution in [2.75, 3.05) is 13.1 Å². The van der Waals surface area contributed by atoms with Crippen LogP contribution in [-0.2, 0) is 6.42 Å². The fourth-order valence-electron chi connectivity index (χ4n) is 4.49. The first-order valence-corrected chi connectivity index (χ1v) is 10.2. The predicted molar refractivity (Wildman–Crippen MR) is 111 cm³/mol. The highest BCUT2D eigenvalue weighted by Crippen LogP contribution is 2.38. The van der Waals surface area contributed by atoms with Crippen molar-refractivity contribution in [2.24, 2.45) is 11.5 Å². The van der Waals surface area contributed by atoms with E-state index in [1.807, 2.05) is 6.07 Å². The molecule has 148 valence electrons. The number of rotatable bonds is 4. The summed E-state index contributed by atoms with van der Waals surface area (Å²) < 4.78 is 6.49. The number of piperidine rings is 1. The number of ether oxygens (including phenoxy) is 1. The van der Waals surface area contributed by atoms with Gasteiger partial charge in [0, 0.05) is 17.6 Å². The van der Waals surface area contributed by atoms with Crippen molar-refractivity contribution in [3.05, 3.63) is 64.2 Å². The molecule has 4 N–H and O–H groups in total. The summed E-state index contributed by atoms with van der Waals surface area (Å²) in [5.41, 5.74) is 14.6. The Labute approximate surface area is 170 Å². The molecule has 1 aliphatic carbocycles. The fraction of sp³-hybridized carbons (Fsp3) is 0.409. The number of aryl methyl sites for hydroxylation is 1. The van der Waals surface area contributed by atoms with E-state index in [-0.39, 0.29) is 18.2 Å². The van der Waals surface area contributed by atoms with Crippen LogP contribution in [0.3, 0.4) is 0 Å².